The molecule has 24 heavy (non-hydrogen) atoms. The average molecular weight is 390 g/mol. The van der Waals surface area contributed by atoms with Crippen LogP contribution in [0, 0.1) is 0 Å². The molecule has 0 aliphatic heterocycles. The van der Waals surface area contributed by atoms with Crippen LogP contribution < -0.4 is 9.78 Å². The second kappa shape index (κ2) is 9.63. The molecule has 0 fully saturated rings. The van der Waals surface area contributed by atoms with Crippen molar-refractivity contribution >= 4 is 25.4 Å². The van der Waals surface area contributed by atoms with Gasteiger partial charge in [-0.2, -0.15) is 0 Å². The normalized spacial score (nSPS) is 14.6. The zero-order valence-electron chi connectivity index (χ0n) is 14.4. The van der Waals surface area contributed by atoms with Gasteiger partial charge in [0.05, 0.1) is 0 Å². The third-order valence-corrected chi connectivity index (χ3v) is 6.30. The van der Waals surface area contributed by atoms with Crippen molar-refractivity contribution in [3.8, 4) is 0 Å². The van der Waals surface area contributed by atoms with Gasteiger partial charge in [-0.25, -0.2) is 0 Å². The maximum absolute atomic E-state index is 12.5. The molecule has 0 heterocycles. The molecule has 2 aromatic rings. The first kappa shape index (κ1) is 18.7. The second-order valence-corrected chi connectivity index (χ2v) is 8.71. The van der Waals surface area contributed by atoms with Crippen molar-refractivity contribution in [2.45, 2.75) is 37.7 Å². The van der Waals surface area contributed by atoms with Crippen molar-refractivity contribution in [1.82, 2.24) is 5.32 Å². The van der Waals surface area contributed by atoms with Crippen molar-refractivity contribution in [1.29, 1.82) is 0 Å². The summed E-state index contributed by atoms with van der Waals surface area (Å²) in [6.07, 6.45) is 0. The number of hydrogen-bond acceptors (Lipinski definition) is 3. The number of rotatable bonds is 8. The summed E-state index contributed by atoms with van der Waals surface area (Å²) >= 11 is 0.197. The summed E-state index contributed by atoms with van der Waals surface area (Å²) in [6.45, 7) is 6.47. The minimum atomic E-state index is -0.305. The number of carbonyl (C=O) groups excluding carboxylic acids is 1. The Morgan fingerprint density at radius 3 is 2.21 bits per heavy atom. The van der Waals surface area contributed by atoms with Gasteiger partial charge in [0.15, 0.2) is 0 Å². The molecule has 0 saturated carbocycles. The van der Waals surface area contributed by atoms with Crippen LogP contribution in [0.3, 0.4) is 0 Å². The Labute approximate surface area is 151 Å². The molecule has 0 aromatic heterocycles. The van der Waals surface area contributed by atoms with Crippen LogP contribution in [0.2, 0.25) is 4.82 Å². The summed E-state index contributed by atoms with van der Waals surface area (Å²) in [5, 5.41) is 3.48. The van der Waals surface area contributed by atoms with E-state index in [-0.39, 0.29) is 37.8 Å². The average Bonchev–Trinajstić information content (AvgIpc) is 2.61. The predicted octanol–water partition coefficient (Wildman–Crippen LogP) is 3.11. The van der Waals surface area contributed by atoms with Crippen LogP contribution in [0.25, 0.3) is 0 Å². The van der Waals surface area contributed by atoms with Gasteiger partial charge in [0.2, 0.25) is 0 Å². The van der Waals surface area contributed by atoms with E-state index in [9.17, 15) is 4.79 Å². The van der Waals surface area contributed by atoms with E-state index in [0.717, 1.165) is 0 Å². The van der Waals surface area contributed by atoms with Crippen molar-refractivity contribution in [3.63, 3.8) is 0 Å². The van der Waals surface area contributed by atoms with Crippen LogP contribution in [0.5, 0.6) is 0 Å². The van der Waals surface area contributed by atoms with Crippen molar-refractivity contribution in [2.24, 2.45) is 0 Å². The fourth-order valence-corrected chi connectivity index (χ4v) is 4.76. The van der Waals surface area contributed by atoms with E-state index in [4.69, 9.17) is 4.74 Å². The number of benzene rings is 2. The van der Waals surface area contributed by atoms with Gasteiger partial charge in [0, 0.05) is 0 Å². The van der Waals surface area contributed by atoms with Gasteiger partial charge in [-0.05, 0) is 0 Å². The minimum absolute atomic E-state index is 0.0922. The Morgan fingerprint density at radius 2 is 1.62 bits per heavy atom. The summed E-state index contributed by atoms with van der Waals surface area (Å²) in [5.41, 5.74) is 1.17. The van der Waals surface area contributed by atoms with Crippen LogP contribution in [-0.2, 0) is 9.53 Å². The molecule has 0 saturated heterocycles. The van der Waals surface area contributed by atoms with Gasteiger partial charge < -0.3 is 0 Å². The van der Waals surface area contributed by atoms with E-state index in [1.165, 1.54) is 10.0 Å². The summed E-state index contributed by atoms with van der Waals surface area (Å²) in [6, 6.07) is 20.3. The predicted molar refractivity (Wildman–Crippen MR) is 99.7 cm³/mol. The first-order valence-electron chi connectivity index (χ1n) is 8.31. The molecule has 128 valence electrons. The fraction of sp³-hybridized carbons (Fsp3) is 0.350. The van der Waals surface area contributed by atoms with Crippen LogP contribution in [0.4, 0.5) is 0 Å². The molecular formula is C20H25NO2Se. The second-order valence-electron chi connectivity index (χ2n) is 5.66. The molecule has 2 aromatic carbocycles. The number of carbonyl (C=O) groups is 1. The van der Waals surface area contributed by atoms with Gasteiger partial charge in [0.25, 0.3) is 0 Å². The number of hydrogen-bond donors (Lipinski definition) is 1. The molecule has 2 rings (SSSR count). The van der Waals surface area contributed by atoms with Gasteiger partial charge >= 0.3 is 151 Å². The number of nitrogens with one attached hydrogen (secondary N) is 1. The molecule has 2 unspecified atom stereocenters. The third-order valence-electron chi connectivity index (χ3n) is 3.80. The molecule has 0 aliphatic rings. The van der Waals surface area contributed by atoms with E-state index in [2.05, 4.69) is 43.4 Å². The fourth-order valence-electron chi connectivity index (χ4n) is 2.52. The van der Waals surface area contributed by atoms with Crippen LogP contribution >= 0.6 is 0 Å². The van der Waals surface area contributed by atoms with Gasteiger partial charge in [-0.15, -0.1) is 0 Å². The Kier molecular flexibility index (Phi) is 7.51. The van der Waals surface area contributed by atoms with Crippen LogP contribution in [0.15, 0.2) is 60.7 Å². The van der Waals surface area contributed by atoms with E-state index >= 15 is 0 Å². The molecule has 4 heteroatoms. The van der Waals surface area contributed by atoms with Gasteiger partial charge in [-0.3, -0.25) is 0 Å². The summed E-state index contributed by atoms with van der Waals surface area (Å²) in [4.78, 5) is 12.7. The van der Waals surface area contributed by atoms with Crippen molar-refractivity contribution < 1.29 is 9.53 Å². The van der Waals surface area contributed by atoms with E-state index in [1.54, 1.807) is 0 Å². The first-order valence-corrected chi connectivity index (χ1v) is 10.2. The number of esters is 1. The molecular weight excluding hydrogens is 365 g/mol. The van der Waals surface area contributed by atoms with E-state index in [1.807, 2.05) is 43.3 Å². The van der Waals surface area contributed by atoms with Crippen LogP contribution in [0.1, 0.15) is 32.4 Å². The zero-order chi connectivity index (χ0) is 17.4. The van der Waals surface area contributed by atoms with E-state index < -0.39 is 0 Å². The Hall–Kier alpha value is -1.61. The Bertz CT molecular complexity index is 618. The summed E-state index contributed by atoms with van der Waals surface area (Å²) in [5.74, 6) is -0.161. The third kappa shape index (κ3) is 5.48. The Morgan fingerprint density at radius 1 is 1.04 bits per heavy atom. The van der Waals surface area contributed by atoms with E-state index in [0.29, 0.717) is 6.61 Å². The molecule has 0 bridgehead atoms. The van der Waals surface area contributed by atoms with Crippen LogP contribution in [-0.4, -0.2) is 33.6 Å². The van der Waals surface area contributed by atoms with Crippen molar-refractivity contribution in [2.75, 3.05) is 6.61 Å². The summed E-state index contributed by atoms with van der Waals surface area (Å²) in [7, 11) is 0. The molecule has 3 nitrogen and oxygen atoms in total. The quantitative estimate of drug-likeness (QED) is 0.556. The SMILES string of the molecule is CCOC(=O)C(N[C@@H](C)c1ccccc1)C(C)[Se]c1ccccc1. The maximum atomic E-state index is 12.5. The number of ether oxygens (including phenoxy) is 1. The molecule has 0 spiro atoms. The molecule has 0 aliphatic carbocycles. The molecule has 3 atom stereocenters. The van der Waals surface area contributed by atoms with Gasteiger partial charge in [0.1, 0.15) is 0 Å². The molecule has 1 N–H and O–H groups in total. The van der Waals surface area contributed by atoms with Crippen molar-refractivity contribution in [3.05, 3.63) is 66.2 Å². The monoisotopic (exact) mass is 391 g/mol. The molecule has 0 radical (unpaired) electrons. The topological polar surface area (TPSA) is 38.3 Å². The molecule has 0 amide bonds. The summed E-state index contributed by atoms with van der Waals surface area (Å²) < 4.78 is 6.60. The zero-order valence-corrected chi connectivity index (χ0v) is 16.2. The Balaban J connectivity index is 2.10. The van der Waals surface area contributed by atoms with Gasteiger partial charge in [-0.1, -0.05) is 0 Å². The first-order chi connectivity index (χ1) is 11.6. The standard InChI is InChI=1S/C20H25NO2Se/c1-4-23-20(22)19(16(3)24-18-13-9-6-10-14-18)21-15(2)17-11-7-5-8-12-17/h5-16,19,21H,4H2,1-3H3/t15-,16?,19?/m0/s1.